The van der Waals surface area contributed by atoms with Crippen LogP contribution in [0.2, 0.25) is 0 Å². The first-order valence-corrected chi connectivity index (χ1v) is 8.73. The molecule has 0 amide bonds. The van der Waals surface area contributed by atoms with E-state index in [0.29, 0.717) is 28.5 Å². The number of anilines is 1. The molecule has 1 N–H and O–H groups in total. The van der Waals surface area contributed by atoms with Crippen molar-refractivity contribution in [3.63, 3.8) is 0 Å². The fourth-order valence-electron chi connectivity index (χ4n) is 3.22. The van der Waals surface area contributed by atoms with Gasteiger partial charge in [0.25, 0.3) is 0 Å². The van der Waals surface area contributed by atoms with Crippen LogP contribution in [0.15, 0.2) is 60.9 Å². The molecule has 6 nitrogen and oxygen atoms in total. The number of hydrogen-bond donors (Lipinski definition) is 1. The Labute approximate surface area is 162 Å². The highest BCUT2D eigenvalue weighted by Crippen LogP contribution is 2.38. The molecule has 0 saturated carbocycles. The maximum absolute atomic E-state index is 9.56. The molecule has 2 aromatic heterocycles. The van der Waals surface area contributed by atoms with E-state index >= 15 is 0 Å². The predicted octanol–water partition coefficient (Wildman–Crippen LogP) is 4.28. The summed E-state index contributed by atoms with van der Waals surface area (Å²) in [6.45, 7) is 0. The van der Waals surface area contributed by atoms with Gasteiger partial charge in [-0.3, -0.25) is 4.98 Å². The summed E-state index contributed by atoms with van der Waals surface area (Å²) >= 11 is 0. The van der Waals surface area contributed by atoms with Gasteiger partial charge in [0.05, 0.1) is 29.6 Å². The fourth-order valence-corrected chi connectivity index (χ4v) is 3.22. The first kappa shape index (κ1) is 17.4. The second-order valence-electron chi connectivity index (χ2n) is 6.08. The molecule has 0 saturated heterocycles. The minimum absolute atomic E-state index is 0.550. The molecule has 0 radical (unpaired) electrons. The lowest BCUT2D eigenvalue weighted by Crippen LogP contribution is -2.02. The minimum Gasteiger partial charge on any atom is -0.496 e. The molecule has 6 heteroatoms. The Hall–Kier alpha value is -3.98. The van der Waals surface area contributed by atoms with Gasteiger partial charge in [-0.05, 0) is 30.3 Å². The Balaban J connectivity index is 2.11. The molecule has 0 atom stereocenters. The number of nitrogens with one attached hydrogen (secondary N) is 1. The number of hydrogen-bond acceptors (Lipinski definition) is 6. The van der Waals surface area contributed by atoms with Gasteiger partial charge in [0.1, 0.15) is 11.6 Å². The summed E-state index contributed by atoms with van der Waals surface area (Å²) < 4.78 is 5.57. The third kappa shape index (κ3) is 2.89. The number of rotatable bonds is 4. The van der Waals surface area contributed by atoms with Gasteiger partial charge in [-0.1, -0.05) is 18.2 Å². The van der Waals surface area contributed by atoms with E-state index in [9.17, 15) is 5.26 Å². The molecule has 4 aromatic rings. The second-order valence-corrected chi connectivity index (χ2v) is 6.08. The van der Waals surface area contributed by atoms with E-state index in [1.165, 1.54) is 0 Å². The van der Waals surface area contributed by atoms with Crippen molar-refractivity contribution in [1.82, 2.24) is 15.0 Å². The van der Waals surface area contributed by atoms with Gasteiger partial charge in [0.2, 0.25) is 0 Å². The van der Waals surface area contributed by atoms with Gasteiger partial charge in [0, 0.05) is 36.1 Å². The molecular weight excluding hydrogens is 350 g/mol. The van der Waals surface area contributed by atoms with Gasteiger partial charge in [-0.25, -0.2) is 9.97 Å². The molecule has 2 aromatic carbocycles. The van der Waals surface area contributed by atoms with E-state index in [0.717, 1.165) is 22.1 Å². The summed E-state index contributed by atoms with van der Waals surface area (Å²) in [4.78, 5) is 13.7. The first-order chi connectivity index (χ1) is 13.8. The Morgan fingerprint density at radius 3 is 2.57 bits per heavy atom. The second kappa shape index (κ2) is 7.33. The van der Waals surface area contributed by atoms with E-state index in [1.807, 2.05) is 49.5 Å². The molecule has 0 bridgehead atoms. The maximum Gasteiger partial charge on any atom is 0.163 e. The summed E-state index contributed by atoms with van der Waals surface area (Å²) in [5.74, 6) is 1.86. The predicted molar refractivity (Wildman–Crippen MR) is 109 cm³/mol. The number of aromatic nitrogens is 3. The average Bonchev–Trinajstić information content (AvgIpc) is 2.78. The third-order valence-electron chi connectivity index (χ3n) is 4.53. The van der Waals surface area contributed by atoms with Crippen LogP contribution in [0.5, 0.6) is 5.75 Å². The molecule has 0 spiro atoms. The zero-order valence-corrected chi connectivity index (χ0v) is 15.5. The molecular formula is C22H17N5O. The summed E-state index contributed by atoms with van der Waals surface area (Å²) in [7, 11) is 3.43. The fraction of sp³-hybridized carbons (Fsp3) is 0.0909. The number of nitriles is 1. The quantitative estimate of drug-likeness (QED) is 0.579. The van der Waals surface area contributed by atoms with E-state index in [2.05, 4.69) is 21.4 Å². The Morgan fingerprint density at radius 1 is 1.00 bits per heavy atom. The van der Waals surface area contributed by atoms with Gasteiger partial charge >= 0.3 is 0 Å². The van der Waals surface area contributed by atoms with Crippen LogP contribution < -0.4 is 10.1 Å². The standard InChI is InChI=1S/C22H17N5O/c1-24-22-19-18(28-2)10-9-17(16-8-4-3-6-14(16)12-23)20(19)26-21(27-22)15-7-5-11-25-13-15/h3-11,13H,1-2H3,(H,24,26,27). The van der Waals surface area contributed by atoms with Crippen molar-refractivity contribution in [2.75, 3.05) is 19.5 Å². The van der Waals surface area contributed by atoms with Gasteiger partial charge < -0.3 is 10.1 Å². The lowest BCUT2D eigenvalue weighted by atomic mass is 9.97. The lowest BCUT2D eigenvalue weighted by molar-refractivity contribution is 0.420. The van der Waals surface area contributed by atoms with Crippen LogP contribution in [0.1, 0.15) is 5.56 Å². The summed E-state index contributed by atoms with van der Waals surface area (Å²) in [6, 6.07) is 17.3. The monoisotopic (exact) mass is 367 g/mol. The summed E-state index contributed by atoms with van der Waals surface area (Å²) in [5.41, 5.74) is 3.76. The van der Waals surface area contributed by atoms with E-state index in [-0.39, 0.29) is 0 Å². The number of pyridine rings is 1. The Morgan fingerprint density at radius 2 is 1.86 bits per heavy atom. The Kier molecular flexibility index (Phi) is 4.56. The van der Waals surface area contributed by atoms with E-state index < -0.39 is 0 Å². The average molecular weight is 367 g/mol. The number of nitrogens with zero attached hydrogens (tertiary/aromatic N) is 4. The van der Waals surface area contributed by atoms with Crippen molar-refractivity contribution in [1.29, 1.82) is 5.26 Å². The molecule has 0 fully saturated rings. The molecule has 28 heavy (non-hydrogen) atoms. The van der Waals surface area contributed by atoms with Crippen LogP contribution in [0, 0.1) is 11.3 Å². The number of methoxy groups -OCH3 is 1. The van der Waals surface area contributed by atoms with E-state index in [4.69, 9.17) is 9.72 Å². The van der Waals surface area contributed by atoms with Crippen LogP contribution in [0.25, 0.3) is 33.4 Å². The highest BCUT2D eigenvalue weighted by atomic mass is 16.5. The number of ether oxygens (including phenoxy) is 1. The SMILES string of the molecule is CNc1nc(-c2cccnc2)nc2c(-c3ccccc3C#N)ccc(OC)c12. The van der Waals surface area contributed by atoms with Crippen molar-refractivity contribution in [2.45, 2.75) is 0 Å². The molecule has 0 unspecified atom stereocenters. The largest absolute Gasteiger partial charge is 0.496 e. The summed E-state index contributed by atoms with van der Waals surface area (Å²) in [6.07, 6.45) is 3.44. The molecule has 0 aliphatic rings. The first-order valence-electron chi connectivity index (χ1n) is 8.73. The van der Waals surface area contributed by atoms with Crippen molar-refractivity contribution in [3.8, 4) is 34.3 Å². The zero-order chi connectivity index (χ0) is 19.5. The smallest absolute Gasteiger partial charge is 0.163 e. The number of fused-ring (bicyclic) bond motifs is 1. The molecule has 0 aliphatic carbocycles. The molecule has 136 valence electrons. The molecule has 2 heterocycles. The Bertz CT molecular complexity index is 1200. The van der Waals surface area contributed by atoms with E-state index in [1.54, 1.807) is 25.6 Å². The van der Waals surface area contributed by atoms with Crippen molar-refractivity contribution in [2.24, 2.45) is 0 Å². The molecule has 0 aliphatic heterocycles. The summed E-state index contributed by atoms with van der Waals surface area (Å²) in [5, 5.41) is 13.5. The third-order valence-corrected chi connectivity index (χ3v) is 4.53. The molecule has 4 rings (SSSR count). The topological polar surface area (TPSA) is 83.7 Å². The van der Waals surface area contributed by atoms with Crippen molar-refractivity contribution < 1.29 is 4.74 Å². The van der Waals surface area contributed by atoms with Crippen molar-refractivity contribution in [3.05, 3.63) is 66.5 Å². The minimum atomic E-state index is 0.550. The van der Waals surface area contributed by atoms with Crippen LogP contribution in [0.4, 0.5) is 5.82 Å². The van der Waals surface area contributed by atoms with Crippen LogP contribution in [-0.2, 0) is 0 Å². The van der Waals surface area contributed by atoms with Crippen LogP contribution >= 0.6 is 0 Å². The highest BCUT2D eigenvalue weighted by Gasteiger charge is 2.18. The zero-order valence-electron chi connectivity index (χ0n) is 15.5. The van der Waals surface area contributed by atoms with Gasteiger partial charge in [-0.2, -0.15) is 5.26 Å². The number of benzene rings is 2. The normalized spacial score (nSPS) is 10.5. The van der Waals surface area contributed by atoms with Gasteiger partial charge in [-0.15, -0.1) is 0 Å². The maximum atomic E-state index is 9.56. The van der Waals surface area contributed by atoms with Crippen LogP contribution in [-0.4, -0.2) is 29.1 Å². The van der Waals surface area contributed by atoms with Crippen molar-refractivity contribution >= 4 is 16.7 Å². The van der Waals surface area contributed by atoms with Gasteiger partial charge in [0.15, 0.2) is 5.82 Å². The van der Waals surface area contributed by atoms with Crippen LogP contribution in [0.3, 0.4) is 0 Å². The highest BCUT2D eigenvalue weighted by molar-refractivity contribution is 6.04. The lowest BCUT2D eigenvalue weighted by Gasteiger charge is -2.15.